The van der Waals surface area contributed by atoms with Gasteiger partial charge in [-0.15, -0.1) is 0 Å². The van der Waals surface area contributed by atoms with Crippen molar-refractivity contribution in [1.29, 1.82) is 0 Å². The first-order chi connectivity index (χ1) is 11.3. The summed E-state index contributed by atoms with van der Waals surface area (Å²) in [5.74, 6) is -1.49. The minimum Gasteiger partial charge on any atom is -0.479 e. The zero-order chi connectivity index (χ0) is 17.5. The van der Waals surface area contributed by atoms with Crippen molar-refractivity contribution in [1.82, 2.24) is 5.32 Å². The highest BCUT2D eigenvalue weighted by Gasteiger charge is 2.35. The van der Waals surface area contributed by atoms with Gasteiger partial charge in [0.15, 0.2) is 6.10 Å². The van der Waals surface area contributed by atoms with E-state index in [4.69, 9.17) is 9.84 Å². The molecular weight excluding hydrogens is 336 g/mol. The van der Waals surface area contributed by atoms with Crippen molar-refractivity contribution in [3.8, 4) is 0 Å². The Morgan fingerprint density at radius 3 is 2.79 bits per heavy atom. The van der Waals surface area contributed by atoms with Gasteiger partial charge in [0.25, 0.3) is 5.91 Å². The number of carboxylic acid groups (broad SMARTS) is 1. The van der Waals surface area contributed by atoms with E-state index < -0.39 is 34.0 Å². The molecule has 0 aliphatic carbocycles. The summed E-state index contributed by atoms with van der Waals surface area (Å²) >= 11 is 0. The summed E-state index contributed by atoms with van der Waals surface area (Å²) < 4.78 is 29.9. The molecule has 2 heterocycles. The van der Waals surface area contributed by atoms with E-state index in [9.17, 15) is 18.0 Å². The summed E-state index contributed by atoms with van der Waals surface area (Å²) in [7, 11) is -3.33. The van der Waals surface area contributed by atoms with Crippen molar-refractivity contribution < 1.29 is 27.9 Å². The second-order valence-corrected chi connectivity index (χ2v) is 7.83. The Hall–Kier alpha value is -2.13. The molecule has 2 aliphatic heterocycles. The lowest BCUT2D eigenvalue weighted by atomic mass is 10.1. The van der Waals surface area contributed by atoms with Crippen molar-refractivity contribution >= 4 is 27.6 Å². The van der Waals surface area contributed by atoms with E-state index in [0.717, 1.165) is 11.8 Å². The highest BCUT2D eigenvalue weighted by molar-refractivity contribution is 7.92. The van der Waals surface area contributed by atoms with Crippen molar-refractivity contribution in [2.24, 2.45) is 0 Å². The van der Waals surface area contributed by atoms with Gasteiger partial charge in [0.2, 0.25) is 10.0 Å². The summed E-state index contributed by atoms with van der Waals surface area (Å²) in [5, 5.41) is 11.7. The number of aliphatic carboxylic acids is 1. The lowest BCUT2D eigenvalue weighted by molar-refractivity contribution is -0.148. The number of rotatable bonds is 4. The lowest BCUT2D eigenvalue weighted by Gasteiger charge is -2.18. The molecule has 9 heteroatoms. The number of benzene rings is 1. The Morgan fingerprint density at radius 1 is 1.38 bits per heavy atom. The Balaban J connectivity index is 1.77. The maximum absolute atomic E-state index is 12.4. The van der Waals surface area contributed by atoms with Crippen LogP contribution in [0.15, 0.2) is 18.2 Å². The molecule has 8 nitrogen and oxygen atoms in total. The first kappa shape index (κ1) is 16.7. The Morgan fingerprint density at radius 2 is 2.12 bits per heavy atom. The fourth-order valence-electron chi connectivity index (χ4n) is 3.09. The molecule has 2 atom stereocenters. The van der Waals surface area contributed by atoms with Gasteiger partial charge in [-0.25, -0.2) is 13.2 Å². The highest BCUT2D eigenvalue weighted by atomic mass is 32.2. The van der Waals surface area contributed by atoms with Crippen LogP contribution in [-0.2, 0) is 26.0 Å². The number of carbonyl (C=O) groups is 2. The van der Waals surface area contributed by atoms with Gasteiger partial charge in [0.05, 0.1) is 18.0 Å². The molecule has 24 heavy (non-hydrogen) atoms. The maximum atomic E-state index is 12.4. The molecule has 1 saturated heterocycles. The predicted octanol–water partition coefficient (Wildman–Crippen LogP) is -0.0194. The number of sulfonamides is 1. The molecule has 130 valence electrons. The number of carboxylic acids is 1. The smallest absolute Gasteiger partial charge is 0.334 e. The van der Waals surface area contributed by atoms with Gasteiger partial charge in [0, 0.05) is 18.7 Å². The molecule has 1 amide bonds. The number of anilines is 1. The van der Waals surface area contributed by atoms with Gasteiger partial charge in [-0.1, -0.05) is 0 Å². The zero-order valence-electron chi connectivity index (χ0n) is 13.1. The Bertz CT molecular complexity index is 791. The van der Waals surface area contributed by atoms with Crippen LogP contribution in [0.1, 0.15) is 22.3 Å². The number of nitrogens with zero attached hydrogens (tertiary/aromatic N) is 1. The minimum absolute atomic E-state index is 0.287. The first-order valence-electron chi connectivity index (χ1n) is 7.53. The van der Waals surface area contributed by atoms with Crippen molar-refractivity contribution in [2.75, 3.05) is 23.7 Å². The van der Waals surface area contributed by atoms with Crippen LogP contribution in [0.5, 0.6) is 0 Å². The second kappa shape index (κ2) is 6.06. The van der Waals surface area contributed by atoms with Crippen molar-refractivity contribution in [3.05, 3.63) is 29.3 Å². The molecule has 2 N–H and O–H groups in total. The number of nitrogens with one attached hydrogen (secondary N) is 1. The fraction of sp³-hybridized carbons (Fsp3) is 0.467. The van der Waals surface area contributed by atoms with Gasteiger partial charge in [-0.3, -0.25) is 9.10 Å². The summed E-state index contributed by atoms with van der Waals surface area (Å²) in [6.07, 6.45) is 1.09. The number of hydrogen-bond donors (Lipinski definition) is 2. The summed E-state index contributed by atoms with van der Waals surface area (Å²) in [6.45, 7) is 0.645. The first-order valence-corrected chi connectivity index (χ1v) is 9.38. The van der Waals surface area contributed by atoms with E-state index in [2.05, 4.69) is 5.32 Å². The molecule has 0 radical (unpaired) electrons. The zero-order valence-corrected chi connectivity index (χ0v) is 13.9. The standard InChI is InChI=1S/C15H18N2O6S/c1-24(21,22)17-6-4-9-8-10(2-3-12(9)17)14(18)16-11-5-7-23-13(11)15(19)20/h2-3,8,11,13H,4-7H2,1H3,(H,16,18)(H,19,20)/t11-,13+/m1/s1. The molecule has 0 bridgehead atoms. The largest absolute Gasteiger partial charge is 0.479 e. The average Bonchev–Trinajstić information content (AvgIpc) is 3.11. The molecule has 1 aromatic rings. The number of amides is 1. The number of ether oxygens (including phenoxy) is 1. The molecule has 0 saturated carbocycles. The SMILES string of the molecule is CS(=O)(=O)N1CCc2cc(C(=O)N[C@@H]3CCO[C@@H]3C(=O)O)ccc21. The van der Waals surface area contributed by atoms with Crippen molar-refractivity contribution in [2.45, 2.75) is 25.0 Å². The third-order valence-corrected chi connectivity index (χ3v) is 5.43. The van der Waals surface area contributed by atoms with E-state index in [1.165, 1.54) is 4.31 Å². The van der Waals surface area contributed by atoms with Gasteiger partial charge in [-0.05, 0) is 36.6 Å². The van der Waals surface area contributed by atoms with E-state index in [1.54, 1.807) is 18.2 Å². The van der Waals surface area contributed by atoms with E-state index in [0.29, 0.717) is 30.6 Å². The Labute approximate surface area is 139 Å². The van der Waals surface area contributed by atoms with E-state index in [-0.39, 0.29) is 6.61 Å². The van der Waals surface area contributed by atoms with Gasteiger partial charge in [-0.2, -0.15) is 0 Å². The molecule has 1 aromatic carbocycles. The highest BCUT2D eigenvalue weighted by Crippen LogP contribution is 2.30. The predicted molar refractivity (Wildman–Crippen MR) is 85.6 cm³/mol. The maximum Gasteiger partial charge on any atom is 0.334 e. The van der Waals surface area contributed by atoms with Gasteiger partial charge >= 0.3 is 5.97 Å². The molecule has 0 aromatic heterocycles. The fourth-order valence-corrected chi connectivity index (χ4v) is 4.05. The normalized spacial score (nSPS) is 23.1. The van der Waals surface area contributed by atoms with Crippen LogP contribution >= 0.6 is 0 Å². The number of fused-ring (bicyclic) bond motifs is 1. The molecule has 3 rings (SSSR count). The topological polar surface area (TPSA) is 113 Å². The van der Waals surface area contributed by atoms with Crippen LogP contribution in [0.2, 0.25) is 0 Å². The molecule has 0 unspecified atom stereocenters. The average molecular weight is 354 g/mol. The second-order valence-electron chi connectivity index (χ2n) is 5.93. The monoisotopic (exact) mass is 354 g/mol. The quantitative estimate of drug-likeness (QED) is 0.786. The van der Waals surface area contributed by atoms with E-state index >= 15 is 0 Å². The van der Waals surface area contributed by atoms with Gasteiger partial charge < -0.3 is 15.2 Å². The van der Waals surface area contributed by atoms with Crippen molar-refractivity contribution in [3.63, 3.8) is 0 Å². The van der Waals surface area contributed by atoms with Crippen LogP contribution in [0.3, 0.4) is 0 Å². The molecule has 1 fully saturated rings. The van der Waals surface area contributed by atoms with E-state index in [1.807, 2.05) is 0 Å². The van der Waals surface area contributed by atoms with Gasteiger partial charge in [0.1, 0.15) is 0 Å². The molecule has 0 spiro atoms. The molecule has 2 aliphatic rings. The van der Waals surface area contributed by atoms with Crippen LogP contribution in [0.4, 0.5) is 5.69 Å². The third kappa shape index (κ3) is 3.09. The number of hydrogen-bond acceptors (Lipinski definition) is 5. The summed E-state index contributed by atoms with van der Waals surface area (Å²) in [5.41, 5.74) is 1.74. The summed E-state index contributed by atoms with van der Waals surface area (Å²) in [4.78, 5) is 23.4. The van der Waals surface area contributed by atoms with Crippen LogP contribution < -0.4 is 9.62 Å². The Kier molecular flexibility index (Phi) is 4.22. The minimum atomic E-state index is -3.33. The van der Waals surface area contributed by atoms with Crippen LogP contribution in [0, 0.1) is 0 Å². The summed E-state index contributed by atoms with van der Waals surface area (Å²) in [6, 6.07) is 4.23. The number of carbonyl (C=O) groups excluding carboxylic acids is 1. The van der Waals surface area contributed by atoms with Crippen LogP contribution in [0.25, 0.3) is 0 Å². The molecular formula is C15H18N2O6S. The third-order valence-electron chi connectivity index (χ3n) is 4.25. The lowest BCUT2D eigenvalue weighted by Crippen LogP contribution is -2.44. The van der Waals surface area contributed by atoms with Crippen LogP contribution in [-0.4, -0.2) is 57.0 Å².